The summed E-state index contributed by atoms with van der Waals surface area (Å²) in [5.74, 6) is -1.14. The van der Waals surface area contributed by atoms with Crippen molar-refractivity contribution in [2.24, 2.45) is 0 Å². The monoisotopic (exact) mass is 857 g/mol. The molecule has 1 aliphatic rings. The van der Waals surface area contributed by atoms with Gasteiger partial charge in [0.1, 0.15) is 43.2 Å². The van der Waals surface area contributed by atoms with Crippen molar-refractivity contribution in [3.63, 3.8) is 0 Å². The molecule has 0 radical (unpaired) electrons. The van der Waals surface area contributed by atoms with Gasteiger partial charge in [-0.05, 0) is 70.6 Å². The van der Waals surface area contributed by atoms with Gasteiger partial charge >= 0.3 is 19.8 Å². The van der Waals surface area contributed by atoms with Crippen molar-refractivity contribution >= 4 is 19.8 Å². The Balaban J connectivity index is 2.51. The Morgan fingerprint density at radius 1 is 0.559 bits per heavy atom. The van der Waals surface area contributed by atoms with Crippen molar-refractivity contribution < 1.29 is 63.1 Å². The van der Waals surface area contributed by atoms with Crippen LogP contribution in [-0.2, 0) is 32.7 Å². The van der Waals surface area contributed by atoms with Crippen LogP contribution in [0.5, 0.6) is 0 Å². The highest BCUT2D eigenvalue weighted by atomic mass is 31.2. The minimum absolute atomic E-state index is 0.0710. The molecule has 14 heteroatoms. The molecule has 0 aliphatic heterocycles. The van der Waals surface area contributed by atoms with Gasteiger partial charge in [-0.3, -0.25) is 18.6 Å². The first-order valence-corrected chi connectivity index (χ1v) is 23.6. The first kappa shape index (κ1) is 54.6. The van der Waals surface area contributed by atoms with Crippen LogP contribution in [0.4, 0.5) is 0 Å². The number of hydrogen-bond acceptors (Lipinski definition) is 12. The molecule has 6 unspecified atom stereocenters. The Hall–Kier alpha value is -2.45. The molecule has 1 rings (SSSR count). The van der Waals surface area contributed by atoms with Crippen LogP contribution in [0, 0.1) is 0 Å². The molecule has 0 saturated heterocycles. The minimum Gasteiger partial charge on any atom is -0.462 e. The van der Waals surface area contributed by atoms with E-state index in [1.54, 1.807) is 0 Å². The number of unbranched alkanes of at least 4 members (excludes halogenated alkanes) is 14. The molecule has 8 atom stereocenters. The van der Waals surface area contributed by atoms with E-state index in [0.29, 0.717) is 12.8 Å². The summed E-state index contributed by atoms with van der Waals surface area (Å²) in [6.07, 6.45) is 28.5. The van der Waals surface area contributed by atoms with Crippen LogP contribution in [0.3, 0.4) is 0 Å². The Morgan fingerprint density at radius 2 is 1.02 bits per heavy atom. The average Bonchev–Trinajstić information content (AvgIpc) is 3.21. The van der Waals surface area contributed by atoms with E-state index in [1.807, 2.05) is 0 Å². The average molecular weight is 857 g/mol. The summed E-state index contributed by atoms with van der Waals surface area (Å²) in [5, 5.41) is 50.1. The molecular weight excluding hydrogens is 779 g/mol. The van der Waals surface area contributed by atoms with Gasteiger partial charge in [0, 0.05) is 12.8 Å². The number of aliphatic hydroxyl groups excluding tert-OH is 5. The molecule has 59 heavy (non-hydrogen) atoms. The molecule has 0 aromatic heterocycles. The summed E-state index contributed by atoms with van der Waals surface area (Å²) in [6, 6.07) is 0. The van der Waals surface area contributed by atoms with Gasteiger partial charge in [0.15, 0.2) is 6.10 Å². The van der Waals surface area contributed by atoms with Gasteiger partial charge in [0.25, 0.3) is 0 Å². The number of phosphoric ester groups is 1. The Labute approximate surface area is 353 Å². The Morgan fingerprint density at radius 3 is 1.58 bits per heavy atom. The molecule has 0 aromatic rings. The van der Waals surface area contributed by atoms with Crippen LogP contribution in [0.2, 0.25) is 0 Å². The fraction of sp³-hybridized carbons (Fsp3) is 0.733. The van der Waals surface area contributed by atoms with Crippen LogP contribution in [0.1, 0.15) is 155 Å². The molecule has 13 nitrogen and oxygen atoms in total. The van der Waals surface area contributed by atoms with E-state index in [9.17, 15) is 44.6 Å². The maximum atomic E-state index is 12.8. The third kappa shape index (κ3) is 27.9. The van der Waals surface area contributed by atoms with E-state index in [2.05, 4.69) is 74.6 Å². The number of hydrogen-bond donors (Lipinski definition) is 6. The maximum Gasteiger partial charge on any atom is 0.472 e. The molecule has 1 fully saturated rings. The predicted octanol–water partition coefficient (Wildman–Crippen LogP) is 8.16. The topological polar surface area (TPSA) is 210 Å². The van der Waals surface area contributed by atoms with Crippen molar-refractivity contribution in [2.45, 2.75) is 198 Å². The molecule has 0 spiro atoms. The molecule has 340 valence electrons. The van der Waals surface area contributed by atoms with Crippen molar-refractivity contribution in [1.29, 1.82) is 0 Å². The summed E-state index contributed by atoms with van der Waals surface area (Å²) in [7, 11) is -5.13. The van der Waals surface area contributed by atoms with Crippen molar-refractivity contribution in [3.05, 3.63) is 60.8 Å². The summed E-state index contributed by atoms with van der Waals surface area (Å²) in [4.78, 5) is 35.6. The van der Waals surface area contributed by atoms with Crippen LogP contribution in [-0.4, -0.2) is 98.3 Å². The van der Waals surface area contributed by atoms with Gasteiger partial charge in [0.05, 0.1) is 6.61 Å². The van der Waals surface area contributed by atoms with Crippen molar-refractivity contribution in [1.82, 2.24) is 0 Å². The van der Waals surface area contributed by atoms with Crippen LogP contribution in [0.15, 0.2) is 60.8 Å². The number of esters is 2. The Kier molecular flexibility index (Phi) is 32.5. The summed E-state index contributed by atoms with van der Waals surface area (Å²) < 4.78 is 33.4. The van der Waals surface area contributed by atoms with Crippen LogP contribution < -0.4 is 0 Å². The van der Waals surface area contributed by atoms with E-state index in [-0.39, 0.29) is 12.8 Å². The highest BCUT2D eigenvalue weighted by molar-refractivity contribution is 7.47. The van der Waals surface area contributed by atoms with E-state index in [4.69, 9.17) is 18.5 Å². The lowest BCUT2D eigenvalue weighted by molar-refractivity contribution is -0.220. The zero-order chi connectivity index (χ0) is 43.6. The van der Waals surface area contributed by atoms with Crippen LogP contribution >= 0.6 is 7.82 Å². The largest absolute Gasteiger partial charge is 0.472 e. The Bertz CT molecular complexity index is 1270. The normalized spacial score (nSPS) is 22.9. The van der Waals surface area contributed by atoms with E-state index < -0.39 is 75.7 Å². The fourth-order valence-corrected chi connectivity index (χ4v) is 7.26. The number of carbonyl (C=O) groups is 2. The fourth-order valence-electron chi connectivity index (χ4n) is 6.29. The lowest BCUT2D eigenvalue weighted by atomic mass is 9.85. The highest BCUT2D eigenvalue weighted by Gasteiger charge is 2.51. The molecule has 0 heterocycles. The molecule has 0 aromatic carbocycles. The standard InChI is InChI=1S/C45H77O13P/c1-3-5-7-9-11-13-15-17-19-21-23-25-27-29-31-33-38(46)55-35-37(36-56-59(53,54)58-45-43(51)41(49)40(48)42(50)44(45)52)57-39(47)34-32-30-28-26-24-22-20-18-16-14-12-10-8-6-4-2/h6,8,12-15,17-20,37,40-45,48-52H,3-5,7,9-11,16,21-36H2,1-2H3,(H,53,54)/b8-6+,14-12+,15-13+,19-17+,20-18+/t37-,40?,41-,42?,43?,44?,45?/m1/s1. The lowest BCUT2D eigenvalue weighted by Gasteiger charge is -2.41. The molecule has 1 saturated carbocycles. The van der Waals surface area contributed by atoms with E-state index in [1.165, 1.54) is 25.7 Å². The summed E-state index contributed by atoms with van der Waals surface area (Å²) in [5.41, 5.74) is 0. The molecule has 0 amide bonds. The van der Waals surface area contributed by atoms with Crippen LogP contribution in [0.25, 0.3) is 0 Å². The number of allylic oxidation sites excluding steroid dienone is 10. The first-order valence-electron chi connectivity index (χ1n) is 22.1. The smallest absolute Gasteiger partial charge is 0.462 e. The van der Waals surface area contributed by atoms with Crippen molar-refractivity contribution in [2.75, 3.05) is 13.2 Å². The van der Waals surface area contributed by atoms with E-state index in [0.717, 1.165) is 89.9 Å². The molecule has 1 aliphatic carbocycles. The maximum absolute atomic E-state index is 12.8. The number of phosphoric acid groups is 1. The minimum atomic E-state index is -5.13. The second-order valence-corrected chi connectivity index (χ2v) is 16.6. The predicted molar refractivity (Wildman–Crippen MR) is 230 cm³/mol. The van der Waals surface area contributed by atoms with Gasteiger partial charge in [-0.2, -0.15) is 0 Å². The van der Waals surface area contributed by atoms with Gasteiger partial charge < -0.3 is 39.9 Å². The first-order chi connectivity index (χ1) is 28.4. The van der Waals surface area contributed by atoms with Gasteiger partial charge in [-0.1, -0.05) is 132 Å². The summed E-state index contributed by atoms with van der Waals surface area (Å²) in [6.45, 7) is 3.12. The third-order valence-electron chi connectivity index (χ3n) is 9.87. The molecular formula is C45H77O13P. The van der Waals surface area contributed by atoms with Gasteiger partial charge in [0.2, 0.25) is 0 Å². The SMILES string of the molecule is CC/C=C/C/C=C/C/C=C/CCCCCCCC(=O)O[C@H](COC(=O)CCCCCCC/C=C/C=C/CCCCCC)COP(=O)(O)OC1C(O)C(O)C(O)[C@@H](O)C1O. The van der Waals surface area contributed by atoms with E-state index >= 15 is 0 Å². The number of rotatable bonds is 35. The number of ether oxygens (including phenoxy) is 2. The third-order valence-corrected chi connectivity index (χ3v) is 10.9. The second-order valence-electron chi connectivity index (χ2n) is 15.2. The summed E-state index contributed by atoms with van der Waals surface area (Å²) >= 11 is 0. The lowest BCUT2D eigenvalue weighted by Crippen LogP contribution is -2.64. The van der Waals surface area contributed by atoms with Gasteiger partial charge in [-0.15, -0.1) is 0 Å². The zero-order valence-electron chi connectivity index (χ0n) is 35.8. The van der Waals surface area contributed by atoms with Gasteiger partial charge in [-0.25, -0.2) is 4.57 Å². The second kappa shape index (κ2) is 35.2. The number of carbonyl (C=O) groups excluding carboxylic acids is 2. The zero-order valence-corrected chi connectivity index (χ0v) is 36.7. The highest BCUT2D eigenvalue weighted by Crippen LogP contribution is 2.47. The molecule has 6 N–H and O–H groups in total. The number of aliphatic hydroxyl groups is 5. The van der Waals surface area contributed by atoms with Crippen molar-refractivity contribution in [3.8, 4) is 0 Å². The molecule has 0 bridgehead atoms. The quantitative estimate of drug-likeness (QED) is 0.0117.